The van der Waals surface area contributed by atoms with E-state index in [1.165, 1.54) is 17.7 Å². The van der Waals surface area contributed by atoms with Crippen LogP contribution in [0.1, 0.15) is 5.56 Å². The van der Waals surface area contributed by atoms with Crippen LogP contribution in [0.15, 0.2) is 48.8 Å². The molecule has 0 atom stereocenters. The number of ether oxygens (including phenoxy) is 1. The van der Waals surface area contributed by atoms with Crippen molar-refractivity contribution in [3.8, 4) is 5.75 Å². The highest BCUT2D eigenvalue weighted by molar-refractivity contribution is 5.89. The molecule has 0 radical (unpaired) electrons. The fourth-order valence-electron chi connectivity index (χ4n) is 2.40. The lowest BCUT2D eigenvalue weighted by Gasteiger charge is -2.20. The minimum absolute atomic E-state index is 0.266. The second-order valence-electron chi connectivity index (χ2n) is 5.44. The van der Waals surface area contributed by atoms with Crippen LogP contribution in [0.3, 0.4) is 0 Å². The van der Waals surface area contributed by atoms with Gasteiger partial charge in [0.25, 0.3) is 0 Å². The maximum absolute atomic E-state index is 12.9. The van der Waals surface area contributed by atoms with Crippen molar-refractivity contribution < 1.29 is 9.13 Å². The third-order valence-electron chi connectivity index (χ3n) is 3.64. The Kier molecular flexibility index (Phi) is 4.37. The van der Waals surface area contributed by atoms with E-state index < -0.39 is 0 Å². The molecule has 23 heavy (non-hydrogen) atoms. The summed E-state index contributed by atoms with van der Waals surface area (Å²) in [6, 6.07) is 12.1. The minimum atomic E-state index is -0.266. The van der Waals surface area contributed by atoms with Gasteiger partial charge in [-0.2, -0.15) is 0 Å². The molecule has 0 saturated carbocycles. The summed E-state index contributed by atoms with van der Waals surface area (Å²) < 4.78 is 18.5. The highest BCUT2D eigenvalue weighted by atomic mass is 19.1. The molecule has 0 aliphatic rings. The van der Waals surface area contributed by atoms with E-state index in [9.17, 15) is 4.39 Å². The van der Waals surface area contributed by atoms with Gasteiger partial charge < -0.3 is 9.64 Å². The number of halogens is 1. The number of fused-ring (bicyclic) bond motifs is 1. The van der Waals surface area contributed by atoms with Gasteiger partial charge in [0.15, 0.2) is 0 Å². The maximum Gasteiger partial charge on any atom is 0.139 e. The van der Waals surface area contributed by atoms with E-state index in [0.29, 0.717) is 18.9 Å². The molecule has 0 amide bonds. The lowest BCUT2D eigenvalue weighted by atomic mass is 10.1. The van der Waals surface area contributed by atoms with Gasteiger partial charge in [0.2, 0.25) is 0 Å². The van der Waals surface area contributed by atoms with Gasteiger partial charge in [-0.15, -0.1) is 0 Å². The van der Waals surface area contributed by atoms with Crippen LogP contribution >= 0.6 is 0 Å². The largest absolute Gasteiger partial charge is 0.492 e. The fourth-order valence-corrected chi connectivity index (χ4v) is 2.40. The fraction of sp³-hybridized carbons (Fsp3) is 0.222. The minimum Gasteiger partial charge on any atom is -0.492 e. The molecule has 0 N–H and O–H groups in total. The molecule has 0 bridgehead atoms. The highest BCUT2D eigenvalue weighted by Gasteiger charge is 2.09. The van der Waals surface area contributed by atoms with Crippen molar-refractivity contribution in [2.24, 2.45) is 0 Å². The summed E-state index contributed by atoms with van der Waals surface area (Å²) in [7, 11) is 1.97. The van der Waals surface area contributed by atoms with Crippen LogP contribution in [0.2, 0.25) is 0 Å². The molecule has 118 valence electrons. The lowest BCUT2D eigenvalue weighted by Crippen LogP contribution is -2.25. The molecule has 0 aliphatic heterocycles. The molecule has 5 heteroatoms. The third-order valence-corrected chi connectivity index (χ3v) is 3.64. The zero-order valence-electron chi connectivity index (χ0n) is 13.2. The summed E-state index contributed by atoms with van der Waals surface area (Å²) in [5.74, 6) is 1.27. The van der Waals surface area contributed by atoms with E-state index in [1.807, 2.05) is 31.0 Å². The molecule has 3 aromatic rings. The number of benzene rings is 2. The van der Waals surface area contributed by atoms with Gasteiger partial charge in [0.05, 0.1) is 12.1 Å². The molecule has 2 aromatic carbocycles. The van der Waals surface area contributed by atoms with Crippen molar-refractivity contribution in [3.63, 3.8) is 0 Å². The van der Waals surface area contributed by atoms with E-state index >= 15 is 0 Å². The van der Waals surface area contributed by atoms with Crippen molar-refractivity contribution in [2.45, 2.75) is 6.92 Å². The van der Waals surface area contributed by atoms with Crippen LogP contribution in [0.4, 0.5) is 10.2 Å². The quantitative estimate of drug-likeness (QED) is 0.722. The van der Waals surface area contributed by atoms with E-state index in [-0.39, 0.29) is 5.82 Å². The van der Waals surface area contributed by atoms with Crippen molar-refractivity contribution in [1.29, 1.82) is 0 Å². The topological polar surface area (TPSA) is 38.2 Å². The molecular formula is C18H18FN3O. The summed E-state index contributed by atoms with van der Waals surface area (Å²) >= 11 is 0. The van der Waals surface area contributed by atoms with Gasteiger partial charge in [0.1, 0.15) is 30.3 Å². The van der Waals surface area contributed by atoms with Crippen molar-refractivity contribution in [3.05, 3.63) is 60.2 Å². The molecule has 0 unspecified atom stereocenters. The van der Waals surface area contributed by atoms with Crippen molar-refractivity contribution in [2.75, 3.05) is 25.1 Å². The number of anilines is 1. The Hall–Kier alpha value is -2.69. The number of aryl methyl sites for hydroxylation is 1. The van der Waals surface area contributed by atoms with E-state index in [1.54, 1.807) is 18.5 Å². The van der Waals surface area contributed by atoms with E-state index in [2.05, 4.69) is 16.0 Å². The average Bonchev–Trinajstić information content (AvgIpc) is 2.56. The summed E-state index contributed by atoms with van der Waals surface area (Å²) in [6.45, 7) is 3.20. The monoisotopic (exact) mass is 311 g/mol. The second kappa shape index (κ2) is 6.60. The standard InChI is InChI=1S/C18H18FN3O/c1-13-3-8-17-16(11-13)18(21-12-20-17)22(2)9-10-23-15-6-4-14(19)5-7-15/h3-8,11-12H,9-10H2,1-2H3. The van der Waals surface area contributed by atoms with Crippen molar-refractivity contribution in [1.82, 2.24) is 9.97 Å². The third kappa shape index (κ3) is 3.56. The van der Waals surface area contributed by atoms with Crippen molar-refractivity contribution >= 4 is 16.7 Å². The Bertz CT molecular complexity index is 805. The second-order valence-corrected chi connectivity index (χ2v) is 5.44. The van der Waals surface area contributed by atoms with Crippen LogP contribution in [0.5, 0.6) is 5.75 Å². The maximum atomic E-state index is 12.9. The predicted octanol–water partition coefficient (Wildman–Crippen LogP) is 3.59. The molecule has 4 nitrogen and oxygen atoms in total. The Balaban J connectivity index is 1.69. The molecule has 3 rings (SSSR count). The van der Waals surface area contributed by atoms with Gasteiger partial charge in [-0.3, -0.25) is 0 Å². The van der Waals surface area contributed by atoms with Gasteiger partial charge >= 0.3 is 0 Å². The van der Waals surface area contributed by atoms with E-state index in [4.69, 9.17) is 4.74 Å². The Morgan fingerprint density at radius 1 is 1.09 bits per heavy atom. The predicted molar refractivity (Wildman–Crippen MR) is 89.4 cm³/mol. The van der Waals surface area contributed by atoms with Gasteiger partial charge in [0, 0.05) is 12.4 Å². The number of hydrogen-bond acceptors (Lipinski definition) is 4. The summed E-state index contributed by atoms with van der Waals surface area (Å²) in [5, 5.41) is 1.02. The first-order valence-corrected chi connectivity index (χ1v) is 7.44. The first-order chi connectivity index (χ1) is 11.1. The van der Waals surface area contributed by atoms with Crippen LogP contribution in [-0.2, 0) is 0 Å². The van der Waals surface area contributed by atoms with Crippen LogP contribution in [-0.4, -0.2) is 30.2 Å². The normalized spacial score (nSPS) is 10.7. The molecule has 0 fully saturated rings. The van der Waals surface area contributed by atoms with Crippen LogP contribution in [0, 0.1) is 12.7 Å². The zero-order chi connectivity index (χ0) is 16.2. The molecule has 0 saturated heterocycles. The van der Waals surface area contributed by atoms with Crippen LogP contribution in [0.25, 0.3) is 10.9 Å². The summed E-state index contributed by atoms with van der Waals surface area (Å²) in [6.07, 6.45) is 1.57. The number of aromatic nitrogens is 2. The number of rotatable bonds is 5. The highest BCUT2D eigenvalue weighted by Crippen LogP contribution is 2.23. The lowest BCUT2D eigenvalue weighted by molar-refractivity contribution is 0.325. The van der Waals surface area contributed by atoms with Gasteiger partial charge in [-0.1, -0.05) is 11.6 Å². The molecule has 0 spiro atoms. The molecule has 1 aromatic heterocycles. The Morgan fingerprint density at radius 3 is 2.65 bits per heavy atom. The number of nitrogens with zero attached hydrogens (tertiary/aromatic N) is 3. The first kappa shape index (κ1) is 15.2. The molecular weight excluding hydrogens is 293 g/mol. The number of likely N-dealkylation sites (N-methyl/N-ethyl adjacent to an activating group) is 1. The summed E-state index contributed by atoms with van der Waals surface area (Å²) in [5.41, 5.74) is 2.09. The first-order valence-electron chi connectivity index (χ1n) is 7.44. The average molecular weight is 311 g/mol. The van der Waals surface area contributed by atoms with Gasteiger partial charge in [-0.05, 0) is 43.3 Å². The van der Waals surface area contributed by atoms with E-state index in [0.717, 1.165) is 16.7 Å². The molecule has 1 heterocycles. The Morgan fingerprint density at radius 2 is 1.87 bits per heavy atom. The van der Waals surface area contributed by atoms with Crippen LogP contribution < -0.4 is 9.64 Å². The SMILES string of the molecule is Cc1ccc2ncnc(N(C)CCOc3ccc(F)cc3)c2c1. The Labute approximate surface area is 134 Å². The smallest absolute Gasteiger partial charge is 0.139 e. The molecule has 0 aliphatic carbocycles. The zero-order valence-corrected chi connectivity index (χ0v) is 13.2. The summed E-state index contributed by atoms with van der Waals surface area (Å²) in [4.78, 5) is 10.7. The van der Waals surface area contributed by atoms with Gasteiger partial charge in [-0.25, -0.2) is 14.4 Å². The number of hydrogen-bond donors (Lipinski definition) is 0.